The molecule has 1 fully saturated rings. The van der Waals surface area contributed by atoms with Crippen molar-refractivity contribution in [1.29, 1.82) is 0 Å². The third-order valence-electron chi connectivity index (χ3n) is 3.44. The SMILES string of the molecule is COCCCC(NS(=O)(=O)C1CCCCC1)C(=O)O. The van der Waals surface area contributed by atoms with E-state index >= 15 is 0 Å². The molecule has 1 aliphatic carbocycles. The van der Waals surface area contributed by atoms with Crippen LogP contribution in [-0.2, 0) is 19.6 Å². The molecule has 0 aromatic carbocycles. The van der Waals surface area contributed by atoms with Crippen LogP contribution in [0.3, 0.4) is 0 Å². The van der Waals surface area contributed by atoms with Gasteiger partial charge in [0, 0.05) is 13.7 Å². The fourth-order valence-corrected chi connectivity index (χ4v) is 4.10. The average molecular weight is 293 g/mol. The maximum atomic E-state index is 12.1. The number of carboxylic acid groups (broad SMARTS) is 1. The first kappa shape index (κ1) is 16.4. The fourth-order valence-electron chi connectivity index (χ4n) is 2.33. The summed E-state index contributed by atoms with van der Waals surface area (Å²) in [5.74, 6) is -1.13. The molecule has 1 aliphatic rings. The van der Waals surface area contributed by atoms with Crippen molar-refractivity contribution in [1.82, 2.24) is 4.72 Å². The molecule has 0 aromatic rings. The van der Waals surface area contributed by atoms with E-state index < -0.39 is 27.3 Å². The molecule has 0 aliphatic heterocycles. The van der Waals surface area contributed by atoms with Crippen LogP contribution in [0.2, 0.25) is 0 Å². The molecule has 1 unspecified atom stereocenters. The normalized spacial score (nSPS) is 19.2. The number of rotatable bonds is 8. The Kier molecular flexibility index (Phi) is 6.74. The number of nitrogens with one attached hydrogen (secondary N) is 1. The Balaban J connectivity index is 2.58. The van der Waals surface area contributed by atoms with Gasteiger partial charge >= 0.3 is 5.97 Å². The lowest BCUT2D eigenvalue weighted by atomic mass is 10.0. The number of hydrogen-bond donors (Lipinski definition) is 2. The topological polar surface area (TPSA) is 92.7 Å². The summed E-state index contributed by atoms with van der Waals surface area (Å²) in [5.41, 5.74) is 0. The van der Waals surface area contributed by atoms with Crippen molar-refractivity contribution < 1.29 is 23.1 Å². The number of hydrogen-bond acceptors (Lipinski definition) is 4. The van der Waals surface area contributed by atoms with Crippen LogP contribution in [0, 0.1) is 0 Å². The van der Waals surface area contributed by atoms with Crippen molar-refractivity contribution in [2.75, 3.05) is 13.7 Å². The van der Waals surface area contributed by atoms with E-state index in [1.807, 2.05) is 0 Å². The highest BCUT2D eigenvalue weighted by atomic mass is 32.2. The van der Waals surface area contributed by atoms with Crippen LogP contribution in [0.5, 0.6) is 0 Å². The fraction of sp³-hybridized carbons (Fsp3) is 0.917. The minimum absolute atomic E-state index is 0.245. The Morgan fingerprint density at radius 1 is 1.37 bits per heavy atom. The van der Waals surface area contributed by atoms with E-state index in [2.05, 4.69) is 4.72 Å². The monoisotopic (exact) mass is 293 g/mol. The summed E-state index contributed by atoms with van der Waals surface area (Å²) in [5, 5.41) is 8.63. The molecule has 1 atom stereocenters. The number of aliphatic carboxylic acids is 1. The molecule has 0 spiro atoms. The highest BCUT2D eigenvalue weighted by Gasteiger charge is 2.31. The molecule has 7 heteroatoms. The van der Waals surface area contributed by atoms with Crippen molar-refractivity contribution in [3.63, 3.8) is 0 Å². The predicted octanol–water partition coefficient (Wildman–Crippen LogP) is 1.12. The zero-order chi connectivity index (χ0) is 14.3. The highest BCUT2D eigenvalue weighted by molar-refractivity contribution is 7.90. The summed E-state index contributed by atoms with van der Waals surface area (Å²) >= 11 is 0. The minimum atomic E-state index is -3.54. The first-order valence-electron chi connectivity index (χ1n) is 6.70. The quantitative estimate of drug-likeness (QED) is 0.654. The molecule has 19 heavy (non-hydrogen) atoms. The number of carbonyl (C=O) groups is 1. The van der Waals surface area contributed by atoms with Crippen molar-refractivity contribution in [2.24, 2.45) is 0 Å². The maximum absolute atomic E-state index is 12.1. The summed E-state index contributed by atoms with van der Waals surface area (Å²) < 4.78 is 31.4. The molecule has 0 amide bonds. The van der Waals surface area contributed by atoms with E-state index in [9.17, 15) is 13.2 Å². The standard InChI is InChI=1S/C12H23NO5S/c1-18-9-5-8-11(12(14)15)13-19(16,17)10-6-3-2-4-7-10/h10-11,13H,2-9H2,1H3,(H,14,15). The van der Waals surface area contributed by atoms with Crippen LogP contribution in [0.1, 0.15) is 44.9 Å². The second kappa shape index (κ2) is 7.81. The van der Waals surface area contributed by atoms with Crippen LogP contribution in [-0.4, -0.2) is 44.5 Å². The summed E-state index contributed by atoms with van der Waals surface area (Å²) in [6, 6.07) is -1.05. The number of carboxylic acids is 1. The Hall–Kier alpha value is -0.660. The summed E-state index contributed by atoms with van der Waals surface area (Å²) in [6.45, 7) is 0.426. The lowest BCUT2D eigenvalue weighted by Gasteiger charge is -2.24. The van der Waals surface area contributed by atoms with E-state index in [-0.39, 0.29) is 6.42 Å². The number of ether oxygens (including phenoxy) is 1. The van der Waals surface area contributed by atoms with Crippen molar-refractivity contribution in [3.8, 4) is 0 Å². The smallest absolute Gasteiger partial charge is 0.321 e. The molecule has 0 heterocycles. The molecule has 0 radical (unpaired) electrons. The Labute approximate surface area is 114 Å². The summed E-state index contributed by atoms with van der Waals surface area (Å²) in [7, 11) is -2.01. The van der Waals surface area contributed by atoms with Crippen LogP contribution < -0.4 is 4.72 Å². The van der Waals surface area contributed by atoms with Gasteiger partial charge in [0.05, 0.1) is 5.25 Å². The van der Waals surface area contributed by atoms with E-state index in [1.165, 1.54) is 7.11 Å². The van der Waals surface area contributed by atoms with Crippen LogP contribution in [0.25, 0.3) is 0 Å². The highest BCUT2D eigenvalue weighted by Crippen LogP contribution is 2.23. The van der Waals surface area contributed by atoms with Crippen molar-refractivity contribution >= 4 is 16.0 Å². The third-order valence-corrected chi connectivity index (χ3v) is 5.40. The van der Waals surface area contributed by atoms with Gasteiger partial charge in [-0.3, -0.25) is 4.79 Å². The Bertz CT molecular complexity index is 376. The zero-order valence-electron chi connectivity index (χ0n) is 11.3. The van der Waals surface area contributed by atoms with E-state index in [0.29, 0.717) is 25.9 Å². The predicted molar refractivity (Wildman–Crippen MR) is 71.5 cm³/mol. The number of methoxy groups -OCH3 is 1. The van der Waals surface area contributed by atoms with E-state index in [1.54, 1.807) is 0 Å². The molecule has 112 valence electrons. The largest absolute Gasteiger partial charge is 0.480 e. The van der Waals surface area contributed by atoms with Gasteiger partial charge in [0.2, 0.25) is 10.0 Å². The summed E-state index contributed by atoms with van der Waals surface area (Å²) in [4.78, 5) is 11.1. The average Bonchev–Trinajstić information content (AvgIpc) is 2.38. The molecular weight excluding hydrogens is 270 g/mol. The summed E-state index contributed by atoms with van der Waals surface area (Å²) in [6.07, 6.45) is 4.86. The zero-order valence-corrected chi connectivity index (χ0v) is 12.1. The molecule has 0 aromatic heterocycles. The van der Waals surface area contributed by atoms with Crippen LogP contribution in [0.15, 0.2) is 0 Å². The molecular formula is C12H23NO5S. The molecule has 0 saturated heterocycles. The first-order chi connectivity index (χ1) is 8.97. The maximum Gasteiger partial charge on any atom is 0.321 e. The van der Waals surface area contributed by atoms with Gasteiger partial charge in [-0.15, -0.1) is 0 Å². The van der Waals surface area contributed by atoms with Gasteiger partial charge in [-0.2, -0.15) is 0 Å². The van der Waals surface area contributed by atoms with Gasteiger partial charge in [-0.05, 0) is 25.7 Å². The Morgan fingerprint density at radius 3 is 2.53 bits per heavy atom. The van der Waals surface area contributed by atoms with Crippen molar-refractivity contribution in [2.45, 2.75) is 56.2 Å². The van der Waals surface area contributed by atoms with Crippen LogP contribution in [0.4, 0.5) is 0 Å². The van der Waals surface area contributed by atoms with Gasteiger partial charge in [-0.25, -0.2) is 13.1 Å². The van der Waals surface area contributed by atoms with E-state index in [0.717, 1.165) is 19.3 Å². The molecule has 6 nitrogen and oxygen atoms in total. The van der Waals surface area contributed by atoms with Crippen molar-refractivity contribution in [3.05, 3.63) is 0 Å². The second-order valence-electron chi connectivity index (χ2n) is 4.95. The lowest BCUT2D eigenvalue weighted by Crippen LogP contribution is -2.45. The molecule has 1 rings (SSSR count). The minimum Gasteiger partial charge on any atom is -0.480 e. The second-order valence-corrected chi connectivity index (χ2v) is 6.94. The van der Waals surface area contributed by atoms with Gasteiger partial charge in [0.1, 0.15) is 6.04 Å². The lowest BCUT2D eigenvalue weighted by molar-refractivity contribution is -0.139. The van der Waals surface area contributed by atoms with E-state index in [4.69, 9.17) is 9.84 Å². The number of sulfonamides is 1. The first-order valence-corrected chi connectivity index (χ1v) is 8.25. The van der Waals surface area contributed by atoms with Gasteiger partial charge in [0.25, 0.3) is 0 Å². The van der Waals surface area contributed by atoms with Gasteiger partial charge in [-0.1, -0.05) is 19.3 Å². The van der Waals surface area contributed by atoms with Gasteiger partial charge < -0.3 is 9.84 Å². The Morgan fingerprint density at radius 2 is 2.00 bits per heavy atom. The van der Waals surface area contributed by atoms with Crippen LogP contribution >= 0.6 is 0 Å². The third kappa shape index (κ3) is 5.46. The molecule has 2 N–H and O–H groups in total. The van der Waals surface area contributed by atoms with Gasteiger partial charge in [0.15, 0.2) is 0 Å². The molecule has 1 saturated carbocycles. The molecule has 0 bridgehead atoms.